The van der Waals surface area contributed by atoms with Crippen molar-refractivity contribution in [1.29, 1.82) is 0 Å². The molecule has 0 unspecified atom stereocenters. The molecule has 0 spiro atoms. The quantitative estimate of drug-likeness (QED) is 0.713. The molecule has 2 aliphatic heterocycles. The van der Waals surface area contributed by atoms with Crippen molar-refractivity contribution in [2.75, 3.05) is 24.5 Å². The first-order valence-corrected chi connectivity index (χ1v) is 5.95. The van der Waals surface area contributed by atoms with Crippen LogP contribution in [-0.4, -0.2) is 35.8 Å². The molecule has 0 aromatic carbocycles. The summed E-state index contributed by atoms with van der Waals surface area (Å²) in [5.41, 5.74) is 2.30. The molecule has 1 aromatic rings. The van der Waals surface area contributed by atoms with Gasteiger partial charge in [-0.25, -0.2) is 4.98 Å². The molecule has 4 heteroatoms. The van der Waals surface area contributed by atoms with Gasteiger partial charge in [0.25, 0.3) is 0 Å². The van der Waals surface area contributed by atoms with Gasteiger partial charge in [-0.15, -0.1) is 0 Å². The van der Waals surface area contributed by atoms with Crippen LogP contribution >= 0.6 is 0 Å². The Bertz CT molecular complexity index is 394. The number of nitrogens with one attached hydrogen (secondary N) is 1. The van der Waals surface area contributed by atoms with Gasteiger partial charge in [0, 0.05) is 37.4 Å². The Morgan fingerprint density at radius 3 is 3.38 bits per heavy atom. The molecule has 1 aromatic heterocycles. The molecule has 3 rings (SSSR count). The number of hydrogen-bond donors (Lipinski definition) is 2. The minimum absolute atomic E-state index is 0.127. The molecular weight excluding hydrogens is 202 g/mol. The summed E-state index contributed by atoms with van der Waals surface area (Å²) >= 11 is 0. The maximum atomic E-state index is 9.33. The molecule has 4 nitrogen and oxygen atoms in total. The van der Waals surface area contributed by atoms with Crippen molar-refractivity contribution in [2.24, 2.45) is 0 Å². The van der Waals surface area contributed by atoms with E-state index in [-0.39, 0.29) is 6.61 Å². The van der Waals surface area contributed by atoms with Gasteiger partial charge in [-0.1, -0.05) is 0 Å². The summed E-state index contributed by atoms with van der Waals surface area (Å²) in [6, 6.07) is 2.52. The summed E-state index contributed by atoms with van der Waals surface area (Å²) in [5.74, 6) is 1.10. The number of hydrogen-bond acceptors (Lipinski definition) is 4. The zero-order valence-electron chi connectivity index (χ0n) is 9.32. The van der Waals surface area contributed by atoms with E-state index in [1.165, 1.54) is 12.0 Å². The van der Waals surface area contributed by atoms with Gasteiger partial charge in [0.05, 0.1) is 6.61 Å². The highest BCUT2D eigenvalue weighted by atomic mass is 16.3. The van der Waals surface area contributed by atoms with Gasteiger partial charge in [-0.2, -0.15) is 0 Å². The van der Waals surface area contributed by atoms with Crippen molar-refractivity contribution in [3.05, 3.63) is 23.4 Å². The van der Waals surface area contributed by atoms with E-state index >= 15 is 0 Å². The summed E-state index contributed by atoms with van der Waals surface area (Å²) in [7, 11) is 0. The third kappa shape index (κ3) is 1.49. The molecule has 1 atom stereocenters. The van der Waals surface area contributed by atoms with Gasteiger partial charge >= 0.3 is 0 Å². The second-order valence-electron chi connectivity index (χ2n) is 4.52. The van der Waals surface area contributed by atoms with Crippen molar-refractivity contribution in [2.45, 2.75) is 25.5 Å². The van der Waals surface area contributed by atoms with E-state index < -0.39 is 0 Å². The number of fused-ring (bicyclic) bond motifs is 3. The van der Waals surface area contributed by atoms with Crippen LogP contribution in [0.4, 0.5) is 5.82 Å². The van der Waals surface area contributed by atoms with Crippen molar-refractivity contribution >= 4 is 5.82 Å². The Balaban J connectivity index is 2.01. The highest BCUT2D eigenvalue weighted by Crippen LogP contribution is 2.31. The lowest BCUT2D eigenvalue weighted by atomic mass is 9.94. The molecule has 86 valence electrons. The largest absolute Gasteiger partial charge is 0.392 e. The van der Waals surface area contributed by atoms with Crippen LogP contribution in [0.1, 0.15) is 17.5 Å². The number of pyridine rings is 1. The van der Waals surface area contributed by atoms with Crippen molar-refractivity contribution in [3.63, 3.8) is 0 Å². The van der Waals surface area contributed by atoms with Gasteiger partial charge in [0.15, 0.2) is 0 Å². The number of aliphatic hydroxyl groups is 1. The number of rotatable bonds is 1. The summed E-state index contributed by atoms with van der Waals surface area (Å²) < 4.78 is 0. The zero-order chi connectivity index (χ0) is 11.0. The van der Waals surface area contributed by atoms with Crippen molar-refractivity contribution < 1.29 is 5.11 Å². The topological polar surface area (TPSA) is 48.4 Å². The molecular formula is C12H17N3O. The van der Waals surface area contributed by atoms with Gasteiger partial charge < -0.3 is 15.3 Å². The van der Waals surface area contributed by atoms with E-state index in [0.29, 0.717) is 6.04 Å². The van der Waals surface area contributed by atoms with E-state index in [1.54, 1.807) is 0 Å². The number of nitrogens with zero attached hydrogens (tertiary/aromatic N) is 2. The maximum absolute atomic E-state index is 9.33. The molecule has 2 N–H and O–H groups in total. The van der Waals surface area contributed by atoms with E-state index in [1.807, 2.05) is 12.3 Å². The normalized spacial score (nSPS) is 23.8. The third-order valence-electron chi connectivity index (χ3n) is 3.65. The Labute approximate surface area is 95.3 Å². The molecule has 1 saturated heterocycles. The van der Waals surface area contributed by atoms with Crippen LogP contribution in [0.25, 0.3) is 0 Å². The van der Waals surface area contributed by atoms with Crippen LogP contribution in [0.5, 0.6) is 0 Å². The highest BCUT2D eigenvalue weighted by Gasteiger charge is 2.30. The molecule has 0 saturated carbocycles. The van der Waals surface area contributed by atoms with E-state index in [4.69, 9.17) is 0 Å². The zero-order valence-corrected chi connectivity index (χ0v) is 9.32. The van der Waals surface area contributed by atoms with Crippen molar-refractivity contribution in [3.8, 4) is 0 Å². The van der Waals surface area contributed by atoms with Gasteiger partial charge in [0.1, 0.15) is 5.82 Å². The minimum atomic E-state index is 0.127. The molecule has 0 radical (unpaired) electrons. The number of aromatic nitrogens is 1. The van der Waals surface area contributed by atoms with Gasteiger partial charge in [-0.05, 0) is 24.5 Å². The minimum Gasteiger partial charge on any atom is -0.392 e. The second kappa shape index (κ2) is 4.03. The first kappa shape index (κ1) is 10.1. The Hall–Kier alpha value is -1.13. The van der Waals surface area contributed by atoms with E-state index in [0.717, 1.165) is 37.4 Å². The number of piperazine rings is 1. The molecule has 3 heterocycles. The lowest BCUT2D eigenvalue weighted by Gasteiger charge is -2.41. The van der Waals surface area contributed by atoms with Crippen LogP contribution < -0.4 is 10.2 Å². The summed E-state index contributed by atoms with van der Waals surface area (Å²) in [6.45, 7) is 3.24. The molecule has 0 bridgehead atoms. The van der Waals surface area contributed by atoms with Crippen LogP contribution in [0.15, 0.2) is 12.3 Å². The molecule has 0 amide bonds. The highest BCUT2D eigenvalue weighted by molar-refractivity contribution is 5.54. The van der Waals surface area contributed by atoms with E-state index in [9.17, 15) is 5.11 Å². The fraction of sp³-hybridized carbons (Fsp3) is 0.583. The van der Waals surface area contributed by atoms with Crippen LogP contribution in [0.3, 0.4) is 0 Å². The van der Waals surface area contributed by atoms with Crippen LogP contribution in [0, 0.1) is 0 Å². The first-order chi connectivity index (χ1) is 7.90. The SMILES string of the molecule is OCc1ccnc2c1CC[C@@H]1CNCCN21. The average Bonchev–Trinajstić information content (AvgIpc) is 2.37. The standard InChI is InChI=1S/C12H17N3O/c16-8-9-3-4-14-12-11(9)2-1-10-7-13-5-6-15(10)12/h3-4,10,13,16H,1-2,5-8H2/t10-/m1/s1. The predicted molar refractivity (Wildman–Crippen MR) is 62.5 cm³/mol. The fourth-order valence-corrected chi connectivity index (χ4v) is 2.80. The van der Waals surface area contributed by atoms with Crippen molar-refractivity contribution in [1.82, 2.24) is 10.3 Å². The lowest BCUT2D eigenvalue weighted by molar-refractivity contribution is 0.279. The monoisotopic (exact) mass is 219 g/mol. The predicted octanol–water partition coefficient (Wildman–Crippen LogP) is 0.298. The smallest absolute Gasteiger partial charge is 0.132 e. The molecule has 2 aliphatic rings. The van der Waals surface area contributed by atoms with Crippen LogP contribution in [0.2, 0.25) is 0 Å². The Kier molecular flexibility index (Phi) is 2.53. The summed E-state index contributed by atoms with van der Waals surface area (Å²) in [5, 5.41) is 12.8. The maximum Gasteiger partial charge on any atom is 0.132 e. The summed E-state index contributed by atoms with van der Waals surface area (Å²) in [4.78, 5) is 6.90. The van der Waals surface area contributed by atoms with Gasteiger partial charge in [0.2, 0.25) is 0 Å². The molecule has 16 heavy (non-hydrogen) atoms. The van der Waals surface area contributed by atoms with Gasteiger partial charge in [-0.3, -0.25) is 0 Å². The summed E-state index contributed by atoms with van der Waals surface area (Å²) in [6.07, 6.45) is 4.02. The third-order valence-corrected chi connectivity index (χ3v) is 3.65. The number of anilines is 1. The average molecular weight is 219 g/mol. The Morgan fingerprint density at radius 2 is 2.50 bits per heavy atom. The number of aliphatic hydroxyl groups excluding tert-OH is 1. The molecule has 0 aliphatic carbocycles. The molecule has 1 fully saturated rings. The second-order valence-corrected chi connectivity index (χ2v) is 4.52. The first-order valence-electron chi connectivity index (χ1n) is 5.95. The van der Waals surface area contributed by atoms with Crippen LogP contribution in [-0.2, 0) is 13.0 Å². The Morgan fingerprint density at radius 1 is 1.56 bits per heavy atom. The lowest BCUT2D eigenvalue weighted by Crippen LogP contribution is -2.53. The van der Waals surface area contributed by atoms with E-state index in [2.05, 4.69) is 15.2 Å². The fourth-order valence-electron chi connectivity index (χ4n) is 2.80.